The zero-order valence-electron chi connectivity index (χ0n) is 10.5. The smallest absolute Gasteiger partial charge is 0.138 e. The Morgan fingerprint density at radius 2 is 2.22 bits per heavy atom. The van der Waals surface area contributed by atoms with E-state index in [2.05, 4.69) is 5.32 Å². The van der Waals surface area contributed by atoms with E-state index in [4.69, 9.17) is 16.3 Å². The van der Waals surface area contributed by atoms with Crippen molar-refractivity contribution in [1.29, 1.82) is 0 Å². The second-order valence-electron chi connectivity index (χ2n) is 4.80. The van der Waals surface area contributed by atoms with Crippen LogP contribution in [0.1, 0.15) is 24.8 Å². The Morgan fingerprint density at radius 3 is 3.00 bits per heavy atom. The third-order valence-electron chi connectivity index (χ3n) is 3.08. The molecule has 0 spiro atoms. The van der Waals surface area contributed by atoms with Crippen LogP contribution in [0.2, 0.25) is 5.02 Å². The van der Waals surface area contributed by atoms with Crippen molar-refractivity contribution in [1.82, 2.24) is 5.32 Å². The predicted octanol–water partition coefficient (Wildman–Crippen LogP) is 2.95. The summed E-state index contributed by atoms with van der Waals surface area (Å²) in [5.74, 6) is 1.01. The van der Waals surface area contributed by atoms with Crippen LogP contribution in [0.15, 0.2) is 18.2 Å². The summed E-state index contributed by atoms with van der Waals surface area (Å²) in [5, 5.41) is 13.4. The third-order valence-corrected chi connectivity index (χ3v) is 3.38. The number of ether oxygens (including phenoxy) is 1. The van der Waals surface area contributed by atoms with Gasteiger partial charge in [0.2, 0.25) is 0 Å². The van der Waals surface area contributed by atoms with Crippen molar-refractivity contribution >= 4 is 11.6 Å². The Bertz CT molecular complexity index is 380. The van der Waals surface area contributed by atoms with Crippen molar-refractivity contribution in [3.05, 3.63) is 28.8 Å². The first-order valence-electron chi connectivity index (χ1n) is 6.52. The van der Waals surface area contributed by atoms with Gasteiger partial charge in [0.15, 0.2) is 0 Å². The van der Waals surface area contributed by atoms with Crippen molar-refractivity contribution in [2.24, 2.45) is 5.92 Å². The van der Waals surface area contributed by atoms with Gasteiger partial charge < -0.3 is 15.2 Å². The van der Waals surface area contributed by atoms with E-state index in [-0.39, 0.29) is 5.75 Å². The standard InChI is InChI=1S/C14H20ClNO2/c15-13-4-1-3-12(14(13)17)9-16-7-2-8-18-10-11-5-6-11/h1,3-4,11,16-17H,2,5-10H2. The quantitative estimate of drug-likeness (QED) is 0.713. The zero-order chi connectivity index (χ0) is 12.8. The Labute approximate surface area is 113 Å². The Morgan fingerprint density at radius 1 is 1.39 bits per heavy atom. The molecule has 0 atom stereocenters. The fourth-order valence-electron chi connectivity index (χ4n) is 1.76. The first kappa shape index (κ1) is 13.7. The topological polar surface area (TPSA) is 41.5 Å². The highest BCUT2D eigenvalue weighted by Crippen LogP contribution is 2.28. The molecule has 2 N–H and O–H groups in total. The minimum atomic E-state index is 0.177. The molecular formula is C14H20ClNO2. The van der Waals surface area contributed by atoms with Crippen LogP contribution in [-0.2, 0) is 11.3 Å². The second-order valence-corrected chi connectivity index (χ2v) is 5.20. The van der Waals surface area contributed by atoms with Gasteiger partial charge in [0.25, 0.3) is 0 Å². The van der Waals surface area contributed by atoms with Gasteiger partial charge in [-0.2, -0.15) is 0 Å². The Kier molecular flexibility index (Phi) is 5.29. The number of rotatable bonds is 8. The second kappa shape index (κ2) is 6.98. The van der Waals surface area contributed by atoms with Gasteiger partial charge in [-0.1, -0.05) is 23.7 Å². The van der Waals surface area contributed by atoms with Crippen LogP contribution >= 0.6 is 11.6 Å². The van der Waals surface area contributed by atoms with Crippen LogP contribution < -0.4 is 5.32 Å². The lowest BCUT2D eigenvalue weighted by molar-refractivity contribution is 0.122. The fourth-order valence-corrected chi connectivity index (χ4v) is 1.95. The normalized spacial score (nSPS) is 14.9. The number of para-hydroxylation sites is 1. The maximum Gasteiger partial charge on any atom is 0.138 e. The van der Waals surface area contributed by atoms with Crippen LogP contribution in [0.4, 0.5) is 0 Å². The summed E-state index contributed by atoms with van der Waals surface area (Å²) >= 11 is 5.83. The van der Waals surface area contributed by atoms with Crippen LogP contribution in [0, 0.1) is 5.92 Å². The highest BCUT2D eigenvalue weighted by atomic mass is 35.5. The van der Waals surface area contributed by atoms with Gasteiger partial charge in [-0.15, -0.1) is 0 Å². The van der Waals surface area contributed by atoms with Crippen LogP contribution in [0.3, 0.4) is 0 Å². The van der Waals surface area contributed by atoms with Crippen LogP contribution in [0.25, 0.3) is 0 Å². The molecular weight excluding hydrogens is 250 g/mol. The van der Waals surface area contributed by atoms with Gasteiger partial charge in [-0.25, -0.2) is 0 Å². The van der Waals surface area contributed by atoms with Crippen LogP contribution in [0.5, 0.6) is 5.75 Å². The van der Waals surface area contributed by atoms with E-state index in [1.807, 2.05) is 12.1 Å². The van der Waals surface area contributed by atoms with Gasteiger partial charge in [0.05, 0.1) is 5.02 Å². The van der Waals surface area contributed by atoms with E-state index in [0.717, 1.165) is 37.7 Å². The molecule has 4 heteroatoms. The van der Waals surface area contributed by atoms with Gasteiger partial charge >= 0.3 is 0 Å². The van der Waals surface area contributed by atoms with Crippen molar-refractivity contribution in [2.45, 2.75) is 25.8 Å². The first-order chi connectivity index (χ1) is 8.77. The summed E-state index contributed by atoms with van der Waals surface area (Å²) in [6.45, 7) is 3.26. The van der Waals surface area contributed by atoms with Crippen molar-refractivity contribution < 1.29 is 9.84 Å². The number of benzene rings is 1. The van der Waals surface area contributed by atoms with Crippen molar-refractivity contribution in [3.63, 3.8) is 0 Å². The molecule has 0 aromatic heterocycles. The molecule has 1 aromatic rings. The summed E-state index contributed by atoms with van der Waals surface area (Å²) in [4.78, 5) is 0. The predicted molar refractivity (Wildman–Crippen MR) is 73.0 cm³/mol. The van der Waals surface area contributed by atoms with E-state index < -0.39 is 0 Å². The van der Waals surface area contributed by atoms with Crippen molar-refractivity contribution in [2.75, 3.05) is 19.8 Å². The molecule has 0 amide bonds. The summed E-state index contributed by atoms with van der Waals surface area (Å²) < 4.78 is 5.54. The number of halogens is 1. The summed E-state index contributed by atoms with van der Waals surface area (Å²) in [5.41, 5.74) is 0.835. The molecule has 0 saturated heterocycles. The van der Waals surface area contributed by atoms with E-state index in [9.17, 15) is 5.11 Å². The Balaban J connectivity index is 1.55. The fraction of sp³-hybridized carbons (Fsp3) is 0.571. The largest absolute Gasteiger partial charge is 0.506 e. The lowest BCUT2D eigenvalue weighted by Crippen LogP contribution is -2.16. The van der Waals surface area contributed by atoms with Gasteiger partial charge in [-0.3, -0.25) is 0 Å². The van der Waals surface area contributed by atoms with Gasteiger partial charge in [0.1, 0.15) is 5.75 Å². The van der Waals surface area contributed by atoms with E-state index in [1.165, 1.54) is 12.8 Å². The first-order valence-corrected chi connectivity index (χ1v) is 6.90. The maximum absolute atomic E-state index is 9.71. The van der Waals surface area contributed by atoms with E-state index in [0.29, 0.717) is 11.6 Å². The summed E-state index contributed by atoms with van der Waals surface area (Å²) in [6.07, 6.45) is 3.67. The Hall–Kier alpha value is -0.770. The van der Waals surface area contributed by atoms with Crippen LogP contribution in [-0.4, -0.2) is 24.9 Å². The number of hydrogen-bond acceptors (Lipinski definition) is 3. The lowest BCUT2D eigenvalue weighted by atomic mass is 10.2. The van der Waals surface area contributed by atoms with Crippen molar-refractivity contribution in [3.8, 4) is 5.75 Å². The average molecular weight is 270 g/mol. The molecule has 100 valence electrons. The molecule has 1 saturated carbocycles. The SMILES string of the molecule is Oc1c(Cl)cccc1CNCCCOCC1CC1. The molecule has 3 nitrogen and oxygen atoms in total. The highest BCUT2D eigenvalue weighted by molar-refractivity contribution is 6.32. The zero-order valence-corrected chi connectivity index (χ0v) is 11.2. The molecule has 0 bridgehead atoms. The molecule has 1 fully saturated rings. The molecule has 0 aliphatic heterocycles. The highest BCUT2D eigenvalue weighted by Gasteiger charge is 2.20. The summed E-state index contributed by atoms with van der Waals surface area (Å²) in [6, 6.07) is 5.40. The molecule has 0 unspecified atom stereocenters. The number of aromatic hydroxyl groups is 1. The molecule has 2 rings (SSSR count). The molecule has 0 radical (unpaired) electrons. The van der Waals surface area contributed by atoms with Gasteiger partial charge in [-0.05, 0) is 37.8 Å². The minimum Gasteiger partial charge on any atom is -0.506 e. The number of hydrogen-bond donors (Lipinski definition) is 2. The molecule has 0 heterocycles. The molecule has 1 aliphatic carbocycles. The monoisotopic (exact) mass is 269 g/mol. The number of nitrogens with one attached hydrogen (secondary N) is 1. The minimum absolute atomic E-state index is 0.177. The average Bonchev–Trinajstić information content (AvgIpc) is 3.17. The molecule has 1 aromatic carbocycles. The van der Waals surface area contributed by atoms with Gasteiger partial charge in [0, 0.05) is 25.3 Å². The maximum atomic E-state index is 9.71. The number of phenolic OH excluding ortho intramolecular Hbond substituents is 1. The van der Waals surface area contributed by atoms with E-state index >= 15 is 0 Å². The molecule has 18 heavy (non-hydrogen) atoms. The third kappa shape index (κ3) is 4.48. The molecule has 1 aliphatic rings. The number of phenols is 1. The lowest BCUT2D eigenvalue weighted by Gasteiger charge is -2.08. The summed E-state index contributed by atoms with van der Waals surface area (Å²) in [7, 11) is 0. The van der Waals surface area contributed by atoms with E-state index in [1.54, 1.807) is 6.07 Å².